The first kappa shape index (κ1) is 12.8. The van der Waals surface area contributed by atoms with Crippen LogP contribution in [-0.4, -0.2) is 31.8 Å². The van der Waals surface area contributed by atoms with Gasteiger partial charge in [-0.05, 0) is 0 Å². The third kappa shape index (κ3) is 3.09. The topological polar surface area (TPSA) is 3.24 Å². The van der Waals surface area contributed by atoms with Gasteiger partial charge in [-0.25, -0.2) is 0 Å². The van der Waals surface area contributed by atoms with Crippen molar-refractivity contribution in [2.24, 2.45) is 0 Å². The monoisotopic (exact) mass is 267 g/mol. The van der Waals surface area contributed by atoms with Gasteiger partial charge in [-0.15, -0.1) is 0 Å². The fourth-order valence-corrected chi connectivity index (χ4v) is 7.12. The normalized spacial score (nSPS) is 13.1. The van der Waals surface area contributed by atoms with E-state index < -0.39 is 14.9 Å². The van der Waals surface area contributed by atoms with Crippen molar-refractivity contribution < 1.29 is 0 Å². The molecule has 1 rings (SSSR count). The van der Waals surface area contributed by atoms with Gasteiger partial charge in [0.1, 0.15) is 0 Å². The van der Waals surface area contributed by atoms with E-state index in [-0.39, 0.29) is 0 Å². The molecule has 0 radical (unpaired) electrons. The van der Waals surface area contributed by atoms with Crippen molar-refractivity contribution in [1.82, 2.24) is 3.82 Å². The van der Waals surface area contributed by atoms with Crippen LogP contribution in [0.3, 0.4) is 0 Å². The van der Waals surface area contributed by atoms with Crippen molar-refractivity contribution in [1.29, 1.82) is 0 Å². The molecule has 1 unspecified atom stereocenters. The van der Waals surface area contributed by atoms with Crippen LogP contribution >= 0.6 is 0 Å². The van der Waals surface area contributed by atoms with Crippen LogP contribution in [0.1, 0.15) is 26.3 Å². The molecule has 0 N–H and O–H groups in total. The van der Waals surface area contributed by atoms with E-state index in [4.69, 9.17) is 0 Å². The summed E-state index contributed by atoms with van der Waals surface area (Å²) < 4.78 is 4.31. The van der Waals surface area contributed by atoms with Gasteiger partial charge in [-0.3, -0.25) is 0 Å². The SMILES string of the molecule is CCN(CC)[As](CC)c1ccccc1C. The Morgan fingerprint density at radius 3 is 2.13 bits per heavy atom. The quantitative estimate of drug-likeness (QED) is 0.741. The third-order valence-electron chi connectivity index (χ3n) is 2.76. The number of hydrogen-bond donors (Lipinski definition) is 0. The van der Waals surface area contributed by atoms with Crippen LogP contribution in [0.4, 0.5) is 0 Å². The molecular weight excluding hydrogens is 245 g/mol. The molecule has 84 valence electrons. The average Bonchev–Trinajstić information content (AvgIpc) is 2.27. The number of hydrogen-bond acceptors (Lipinski definition) is 1. The molecule has 0 heterocycles. The molecule has 0 aliphatic heterocycles. The molecule has 1 aromatic rings. The average molecular weight is 267 g/mol. The summed E-state index contributed by atoms with van der Waals surface area (Å²) in [6.07, 6.45) is 0. The van der Waals surface area contributed by atoms with Crippen molar-refractivity contribution in [3.05, 3.63) is 29.8 Å². The molecule has 1 aromatic carbocycles. The molecule has 0 amide bonds. The zero-order chi connectivity index (χ0) is 11.3. The number of nitrogens with zero attached hydrogens (tertiary/aromatic N) is 1. The Morgan fingerprint density at radius 1 is 1.07 bits per heavy atom. The summed E-state index contributed by atoms with van der Waals surface area (Å²) in [6.45, 7) is 11.5. The van der Waals surface area contributed by atoms with Crippen molar-refractivity contribution in [2.75, 3.05) is 13.1 Å². The van der Waals surface area contributed by atoms with Crippen LogP contribution in [0, 0.1) is 6.92 Å². The van der Waals surface area contributed by atoms with E-state index in [1.807, 2.05) is 0 Å². The number of rotatable bonds is 5. The fourth-order valence-electron chi connectivity index (χ4n) is 1.94. The van der Waals surface area contributed by atoms with E-state index in [1.165, 1.54) is 23.9 Å². The first-order valence-corrected chi connectivity index (χ1v) is 8.93. The first-order valence-electron chi connectivity index (χ1n) is 5.82. The van der Waals surface area contributed by atoms with Gasteiger partial charge in [-0.1, -0.05) is 0 Å². The summed E-state index contributed by atoms with van der Waals surface area (Å²) in [7, 11) is 0. The molecule has 0 fully saturated rings. The first-order chi connectivity index (χ1) is 7.24. The molecule has 0 bridgehead atoms. The Hall–Kier alpha value is -0.262. The molecule has 0 aliphatic carbocycles. The summed E-state index contributed by atoms with van der Waals surface area (Å²) in [6, 6.07) is 8.90. The number of aryl methyl sites for hydroxylation is 1. The van der Waals surface area contributed by atoms with Crippen LogP contribution in [-0.2, 0) is 0 Å². The van der Waals surface area contributed by atoms with Crippen molar-refractivity contribution in [2.45, 2.75) is 32.9 Å². The Labute approximate surface area is 99.0 Å². The molecule has 2 heteroatoms. The van der Waals surface area contributed by atoms with Gasteiger partial charge in [0.15, 0.2) is 0 Å². The minimum absolute atomic E-state index is 0.966. The summed E-state index contributed by atoms with van der Waals surface area (Å²) in [5.74, 6) is 0. The maximum absolute atomic E-state index is 2.68. The van der Waals surface area contributed by atoms with E-state index in [0.717, 1.165) is 0 Å². The molecule has 0 aliphatic rings. The molecule has 0 saturated heterocycles. The molecule has 0 spiro atoms. The summed E-state index contributed by atoms with van der Waals surface area (Å²) in [4.78, 5) is 0. The van der Waals surface area contributed by atoms with E-state index in [1.54, 1.807) is 4.35 Å². The molecule has 15 heavy (non-hydrogen) atoms. The van der Waals surface area contributed by atoms with Crippen LogP contribution in [0.15, 0.2) is 24.3 Å². The van der Waals surface area contributed by atoms with Crippen LogP contribution in [0.25, 0.3) is 0 Å². The second-order valence-corrected chi connectivity index (χ2v) is 8.84. The molecule has 0 aromatic heterocycles. The Kier molecular flexibility index (Phi) is 5.42. The Morgan fingerprint density at radius 2 is 1.67 bits per heavy atom. The summed E-state index contributed by atoms with van der Waals surface area (Å²) >= 11 is -0.966. The van der Waals surface area contributed by atoms with Gasteiger partial charge in [-0.2, -0.15) is 0 Å². The predicted molar refractivity (Wildman–Crippen MR) is 70.0 cm³/mol. The molecule has 1 atom stereocenters. The summed E-state index contributed by atoms with van der Waals surface area (Å²) in [5.41, 5.74) is 1.48. The van der Waals surface area contributed by atoms with E-state index in [9.17, 15) is 0 Å². The maximum atomic E-state index is 2.68. The van der Waals surface area contributed by atoms with Gasteiger partial charge in [0, 0.05) is 0 Å². The Bertz CT molecular complexity index is 294. The van der Waals surface area contributed by atoms with Gasteiger partial charge in [0.2, 0.25) is 0 Å². The molecule has 0 saturated carbocycles. The second kappa shape index (κ2) is 6.35. The van der Waals surface area contributed by atoms with Gasteiger partial charge < -0.3 is 0 Å². The van der Waals surface area contributed by atoms with E-state index in [2.05, 4.69) is 55.8 Å². The van der Waals surface area contributed by atoms with E-state index in [0.29, 0.717) is 0 Å². The standard InChI is InChI=1S/C13H22AsN/c1-5-14(15(6-2)7-3)13-11-9-8-10-12(13)4/h8-11H,5-7H2,1-4H3. The fraction of sp³-hybridized carbons (Fsp3) is 0.538. The second-order valence-electron chi connectivity index (χ2n) is 3.64. The zero-order valence-corrected chi connectivity index (χ0v) is 12.2. The van der Waals surface area contributed by atoms with Gasteiger partial charge >= 0.3 is 98.9 Å². The number of benzene rings is 1. The van der Waals surface area contributed by atoms with Crippen LogP contribution < -0.4 is 4.35 Å². The van der Waals surface area contributed by atoms with Gasteiger partial charge in [0.25, 0.3) is 0 Å². The van der Waals surface area contributed by atoms with Crippen LogP contribution in [0.2, 0.25) is 5.21 Å². The minimum atomic E-state index is -0.966. The zero-order valence-electron chi connectivity index (χ0n) is 10.3. The van der Waals surface area contributed by atoms with Crippen molar-refractivity contribution in [3.63, 3.8) is 0 Å². The molecular formula is C13H22AsN. The molecule has 1 nitrogen and oxygen atoms in total. The predicted octanol–water partition coefficient (Wildman–Crippen LogP) is 2.56. The van der Waals surface area contributed by atoms with Crippen molar-refractivity contribution >= 4 is 19.2 Å². The third-order valence-corrected chi connectivity index (χ3v) is 8.86. The van der Waals surface area contributed by atoms with Crippen molar-refractivity contribution in [3.8, 4) is 0 Å². The van der Waals surface area contributed by atoms with Crippen LogP contribution in [0.5, 0.6) is 0 Å². The Balaban J connectivity index is 2.96. The summed E-state index contributed by atoms with van der Waals surface area (Å²) in [5, 5.41) is 1.33. The van der Waals surface area contributed by atoms with E-state index >= 15 is 0 Å². The van der Waals surface area contributed by atoms with Gasteiger partial charge in [0.05, 0.1) is 0 Å².